The molecular weight excluding hydrogens is 138 g/mol. The predicted octanol–water partition coefficient (Wildman–Crippen LogP) is 1.03. The van der Waals surface area contributed by atoms with Crippen molar-refractivity contribution in [3.63, 3.8) is 0 Å². The van der Waals surface area contributed by atoms with Gasteiger partial charge in [0.25, 0.3) is 0 Å². The first kappa shape index (κ1) is 7.64. The second kappa shape index (κ2) is 3.09. The van der Waals surface area contributed by atoms with E-state index in [0.717, 1.165) is 5.56 Å². The van der Waals surface area contributed by atoms with Gasteiger partial charge in [-0.2, -0.15) is 0 Å². The molecule has 0 fully saturated rings. The first-order chi connectivity index (χ1) is 5.24. The van der Waals surface area contributed by atoms with Gasteiger partial charge in [-0.25, -0.2) is 0 Å². The lowest BCUT2D eigenvalue weighted by Crippen LogP contribution is -2.06. The molecule has 1 rings (SSSR count). The number of terminal acetylenes is 1. The third-order valence-corrected chi connectivity index (χ3v) is 1.43. The first-order valence-electron chi connectivity index (χ1n) is 3.24. The van der Waals surface area contributed by atoms with E-state index in [-0.39, 0.29) is 11.8 Å². The molecule has 11 heavy (non-hydrogen) atoms. The molecule has 2 heteroatoms. The Balaban J connectivity index is 2.92. The van der Waals surface area contributed by atoms with Crippen LogP contribution < -0.4 is 5.73 Å². The molecule has 0 aliphatic rings. The maximum atomic E-state index is 8.92. The summed E-state index contributed by atoms with van der Waals surface area (Å²) in [4.78, 5) is 0. The smallest absolute Gasteiger partial charge is 0.115 e. The number of aromatic hydroxyl groups is 1. The highest BCUT2D eigenvalue weighted by Crippen LogP contribution is 2.13. The summed E-state index contributed by atoms with van der Waals surface area (Å²) in [5.74, 6) is 2.62. The van der Waals surface area contributed by atoms with Crippen LogP contribution in [0.15, 0.2) is 24.3 Å². The van der Waals surface area contributed by atoms with Crippen LogP contribution in [0.25, 0.3) is 0 Å². The first-order valence-corrected chi connectivity index (χ1v) is 3.24. The number of rotatable bonds is 1. The van der Waals surface area contributed by atoms with Crippen molar-refractivity contribution >= 4 is 0 Å². The summed E-state index contributed by atoms with van der Waals surface area (Å²) < 4.78 is 0. The normalized spacial score (nSPS) is 12.0. The molecular formula is C9H9NO. The van der Waals surface area contributed by atoms with Gasteiger partial charge in [0.1, 0.15) is 5.75 Å². The lowest BCUT2D eigenvalue weighted by atomic mass is 10.1. The van der Waals surface area contributed by atoms with Crippen LogP contribution in [0.4, 0.5) is 0 Å². The monoisotopic (exact) mass is 147 g/mol. The highest BCUT2D eigenvalue weighted by atomic mass is 16.3. The largest absolute Gasteiger partial charge is 0.508 e. The number of phenols is 1. The van der Waals surface area contributed by atoms with Crippen molar-refractivity contribution in [2.45, 2.75) is 6.04 Å². The van der Waals surface area contributed by atoms with Crippen LogP contribution in [0.5, 0.6) is 5.75 Å². The standard InChI is InChI=1S/C9H9NO/c1-2-9(10)7-3-5-8(11)6-4-7/h1,3-6,9,11H,10H2/t9-/m1/s1. The maximum absolute atomic E-state index is 8.92. The Kier molecular flexibility index (Phi) is 2.15. The molecule has 1 aromatic rings. The summed E-state index contributed by atoms with van der Waals surface area (Å²) in [5, 5.41) is 8.92. The average molecular weight is 147 g/mol. The molecule has 0 bridgehead atoms. The van der Waals surface area contributed by atoms with E-state index in [2.05, 4.69) is 5.92 Å². The quantitative estimate of drug-likeness (QED) is 0.583. The molecule has 0 heterocycles. The zero-order valence-corrected chi connectivity index (χ0v) is 5.99. The molecule has 1 aromatic carbocycles. The van der Waals surface area contributed by atoms with Crippen LogP contribution in [0.2, 0.25) is 0 Å². The van der Waals surface area contributed by atoms with Gasteiger partial charge in [0.2, 0.25) is 0 Å². The molecule has 56 valence electrons. The summed E-state index contributed by atoms with van der Waals surface area (Å²) in [6, 6.07) is 6.16. The van der Waals surface area contributed by atoms with Crippen molar-refractivity contribution in [1.29, 1.82) is 0 Å². The Hall–Kier alpha value is -1.46. The lowest BCUT2D eigenvalue weighted by molar-refractivity contribution is 0.475. The third-order valence-electron chi connectivity index (χ3n) is 1.43. The van der Waals surface area contributed by atoms with E-state index < -0.39 is 0 Å². The van der Waals surface area contributed by atoms with E-state index >= 15 is 0 Å². The van der Waals surface area contributed by atoms with Crippen LogP contribution in [0.1, 0.15) is 11.6 Å². The molecule has 0 aliphatic carbocycles. The average Bonchev–Trinajstić information content (AvgIpc) is 2.05. The second-order valence-corrected chi connectivity index (χ2v) is 2.24. The fourth-order valence-electron chi connectivity index (χ4n) is 0.778. The topological polar surface area (TPSA) is 46.2 Å². The van der Waals surface area contributed by atoms with Gasteiger partial charge < -0.3 is 10.8 Å². The number of phenolic OH excluding ortho intramolecular Hbond substituents is 1. The highest BCUT2D eigenvalue weighted by Gasteiger charge is 1.99. The maximum Gasteiger partial charge on any atom is 0.115 e. The van der Waals surface area contributed by atoms with Crippen LogP contribution in [-0.4, -0.2) is 5.11 Å². The molecule has 0 aromatic heterocycles. The lowest BCUT2D eigenvalue weighted by Gasteiger charge is -2.02. The van der Waals surface area contributed by atoms with Crippen LogP contribution >= 0.6 is 0 Å². The van der Waals surface area contributed by atoms with E-state index in [1.54, 1.807) is 24.3 Å². The van der Waals surface area contributed by atoms with Crippen LogP contribution in [0.3, 0.4) is 0 Å². The van der Waals surface area contributed by atoms with Crippen molar-refractivity contribution in [3.05, 3.63) is 29.8 Å². The summed E-state index contributed by atoms with van der Waals surface area (Å²) in [6.07, 6.45) is 5.10. The van der Waals surface area contributed by atoms with Gasteiger partial charge in [0.15, 0.2) is 0 Å². The summed E-state index contributed by atoms with van der Waals surface area (Å²) in [6.45, 7) is 0. The second-order valence-electron chi connectivity index (χ2n) is 2.24. The number of hydrogen-bond donors (Lipinski definition) is 2. The zero-order valence-electron chi connectivity index (χ0n) is 5.99. The minimum absolute atomic E-state index is 0.220. The molecule has 0 spiro atoms. The van der Waals surface area contributed by atoms with E-state index in [4.69, 9.17) is 17.3 Å². The number of hydrogen-bond acceptors (Lipinski definition) is 2. The molecule has 0 amide bonds. The molecule has 2 nitrogen and oxygen atoms in total. The fraction of sp³-hybridized carbons (Fsp3) is 0.111. The van der Waals surface area contributed by atoms with Crippen molar-refractivity contribution in [1.82, 2.24) is 0 Å². The van der Waals surface area contributed by atoms with E-state index in [1.165, 1.54) is 0 Å². The van der Waals surface area contributed by atoms with Gasteiger partial charge in [0.05, 0.1) is 6.04 Å². The number of nitrogens with two attached hydrogens (primary N) is 1. The van der Waals surface area contributed by atoms with Crippen molar-refractivity contribution in [2.24, 2.45) is 5.73 Å². The van der Waals surface area contributed by atoms with Gasteiger partial charge >= 0.3 is 0 Å². The zero-order chi connectivity index (χ0) is 8.27. The van der Waals surface area contributed by atoms with Crippen molar-refractivity contribution in [3.8, 4) is 18.1 Å². The SMILES string of the molecule is C#C[C@@H](N)c1ccc(O)cc1. The molecule has 0 radical (unpaired) electrons. The Morgan fingerprint density at radius 2 is 1.91 bits per heavy atom. The van der Waals surface area contributed by atoms with Crippen LogP contribution in [0, 0.1) is 12.3 Å². The van der Waals surface area contributed by atoms with E-state index in [9.17, 15) is 0 Å². The molecule has 0 saturated carbocycles. The van der Waals surface area contributed by atoms with Crippen LogP contribution in [-0.2, 0) is 0 Å². The van der Waals surface area contributed by atoms with Crippen molar-refractivity contribution < 1.29 is 5.11 Å². The van der Waals surface area contributed by atoms with E-state index in [0.29, 0.717) is 0 Å². The molecule has 3 N–H and O–H groups in total. The Bertz CT molecular complexity index is 271. The summed E-state index contributed by atoms with van der Waals surface area (Å²) in [7, 11) is 0. The Labute approximate surface area is 65.7 Å². The summed E-state index contributed by atoms with van der Waals surface area (Å²) >= 11 is 0. The molecule has 0 saturated heterocycles. The molecule has 0 unspecified atom stereocenters. The van der Waals surface area contributed by atoms with Gasteiger partial charge in [-0.05, 0) is 17.7 Å². The molecule has 1 atom stereocenters. The van der Waals surface area contributed by atoms with Gasteiger partial charge in [0, 0.05) is 0 Å². The van der Waals surface area contributed by atoms with Gasteiger partial charge in [-0.3, -0.25) is 0 Å². The van der Waals surface area contributed by atoms with Gasteiger partial charge in [-0.15, -0.1) is 6.42 Å². The number of benzene rings is 1. The Morgan fingerprint density at radius 1 is 1.36 bits per heavy atom. The third kappa shape index (κ3) is 1.73. The van der Waals surface area contributed by atoms with Crippen molar-refractivity contribution in [2.75, 3.05) is 0 Å². The summed E-state index contributed by atoms with van der Waals surface area (Å²) in [5.41, 5.74) is 6.36. The fourth-order valence-corrected chi connectivity index (χ4v) is 0.778. The predicted molar refractivity (Wildman–Crippen MR) is 43.9 cm³/mol. The van der Waals surface area contributed by atoms with E-state index in [1.807, 2.05) is 0 Å². The Morgan fingerprint density at radius 3 is 2.36 bits per heavy atom. The van der Waals surface area contributed by atoms with Gasteiger partial charge in [-0.1, -0.05) is 18.1 Å². The molecule has 0 aliphatic heterocycles. The highest BCUT2D eigenvalue weighted by molar-refractivity contribution is 5.30. The minimum Gasteiger partial charge on any atom is -0.508 e. The minimum atomic E-state index is -0.379.